The van der Waals surface area contributed by atoms with Gasteiger partial charge in [-0.2, -0.15) is 0 Å². The first-order chi connectivity index (χ1) is 18.6. The van der Waals surface area contributed by atoms with Crippen molar-refractivity contribution in [3.8, 4) is 11.3 Å². The summed E-state index contributed by atoms with van der Waals surface area (Å²) in [6, 6.07) is 14.6. The highest BCUT2D eigenvalue weighted by atomic mass is 35.5. The van der Waals surface area contributed by atoms with Crippen LogP contribution in [-0.2, 0) is 19.6 Å². The fourth-order valence-corrected chi connectivity index (χ4v) is 4.84. The smallest absolute Gasteiger partial charge is 0.293 e. The molecule has 0 saturated heterocycles. The summed E-state index contributed by atoms with van der Waals surface area (Å²) in [4.78, 5) is 26.4. The molecule has 8 nitrogen and oxygen atoms in total. The number of hydrogen-bond acceptors (Lipinski definition) is 6. The molecule has 0 aliphatic heterocycles. The van der Waals surface area contributed by atoms with Gasteiger partial charge in [0.1, 0.15) is 0 Å². The van der Waals surface area contributed by atoms with E-state index in [0.29, 0.717) is 35.0 Å². The molecule has 0 aliphatic carbocycles. The Morgan fingerprint density at radius 3 is 2.23 bits per heavy atom. The van der Waals surface area contributed by atoms with E-state index in [9.17, 15) is 18.0 Å². The largest absolute Gasteiger partial charge is 0.468 e. The van der Waals surface area contributed by atoms with Crippen molar-refractivity contribution >= 4 is 51.3 Å². The molecule has 0 atom stereocenters. The van der Waals surface area contributed by atoms with Gasteiger partial charge in [-0.3, -0.25) is 14.6 Å². The molecule has 3 rings (SSSR count). The number of halogens is 2. The molecule has 2 N–H and O–H groups in total. The molecule has 0 saturated carbocycles. The number of rotatable bonds is 9. The first kappa shape index (κ1) is 33.2. The average molecular weight is 609 g/mol. The van der Waals surface area contributed by atoms with Gasteiger partial charge >= 0.3 is 0 Å². The first-order valence-corrected chi connectivity index (χ1v) is 14.7. The molecule has 0 fully saturated rings. The third kappa shape index (κ3) is 9.02. The highest BCUT2D eigenvalue weighted by Gasteiger charge is 2.34. The quantitative estimate of drug-likeness (QED) is 0.257. The number of pyridine rings is 1. The van der Waals surface area contributed by atoms with Crippen LogP contribution in [0.25, 0.3) is 11.3 Å². The van der Waals surface area contributed by atoms with Crippen molar-refractivity contribution in [2.24, 2.45) is 10.8 Å². The highest BCUT2D eigenvalue weighted by molar-refractivity contribution is 7.89. The van der Waals surface area contributed by atoms with Crippen LogP contribution in [0.4, 0.5) is 5.69 Å². The molecule has 2 aromatic carbocycles. The number of sulfonamides is 1. The van der Waals surface area contributed by atoms with Gasteiger partial charge in [-0.15, -0.1) is 0 Å². The normalized spacial score (nSPS) is 11.7. The van der Waals surface area contributed by atoms with E-state index in [2.05, 4.69) is 40.5 Å². The molecule has 0 spiro atoms. The lowest BCUT2D eigenvalue weighted by Gasteiger charge is -2.38. The maximum Gasteiger partial charge on any atom is 0.293 e. The molecule has 0 radical (unpaired) electrons. The Morgan fingerprint density at radius 1 is 1.00 bits per heavy atom. The molecular weight excluding hydrogens is 573 g/mol. The molecule has 11 heteroatoms. The zero-order chi connectivity index (χ0) is 30.1. The van der Waals surface area contributed by atoms with E-state index >= 15 is 0 Å². The van der Waals surface area contributed by atoms with Gasteiger partial charge in [-0.05, 0) is 66.3 Å². The Morgan fingerprint density at radius 2 is 1.70 bits per heavy atom. The van der Waals surface area contributed by atoms with Crippen LogP contribution >= 0.6 is 23.2 Å². The SMILES string of the molecule is CC(C)(C)C(C)(C)CNS(=O)(=O)c1ccc(C(=O)Nc2ccc(Cl)c(-c3ccccn3)c2)c(Cl)c1.CCOC=O. The van der Waals surface area contributed by atoms with Crippen molar-refractivity contribution in [3.63, 3.8) is 0 Å². The standard InChI is InChI=1S/C26H29Cl2N3O3S.C3H6O2/c1-25(2,3)26(4,5)16-30-35(33,34)18-10-11-19(22(28)15-18)24(32)31-17-9-12-21(27)20(14-17)23-8-6-7-13-29-23;1-2-5-3-4/h6-15,30H,16H2,1-5H3,(H,31,32);3H,2H2,1H3. The van der Waals surface area contributed by atoms with Crippen molar-refractivity contribution in [2.75, 3.05) is 18.5 Å². The van der Waals surface area contributed by atoms with Crippen LogP contribution in [0.1, 0.15) is 51.9 Å². The monoisotopic (exact) mass is 607 g/mol. The minimum atomic E-state index is -3.81. The van der Waals surface area contributed by atoms with Gasteiger partial charge < -0.3 is 10.1 Å². The van der Waals surface area contributed by atoms with Gasteiger partial charge in [0.05, 0.1) is 32.8 Å². The lowest BCUT2D eigenvalue weighted by molar-refractivity contribution is -0.128. The molecule has 0 unspecified atom stereocenters. The third-order valence-electron chi connectivity index (χ3n) is 6.63. The number of nitrogens with zero attached hydrogens (tertiary/aromatic N) is 1. The molecule has 0 aliphatic rings. The molecule has 40 heavy (non-hydrogen) atoms. The predicted octanol–water partition coefficient (Wildman–Crippen LogP) is 6.84. The van der Waals surface area contributed by atoms with E-state index in [4.69, 9.17) is 23.2 Å². The summed E-state index contributed by atoms with van der Waals surface area (Å²) in [6.45, 7) is 13.1. The van der Waals surface area contributed by atoms with Crippen LogP contribution < -0.4 is 10.0 Å². The van der Waals surface area contributed by atoms with E-state index < -0.39 is 15.9 Å². The minimum Gasteiger partial charge on any atom is -0.468 e. The number of benzene rings is 2. The minimum absolute atomic E-state index is 0.00677. The third-order valence-corrected chi connectivity index (χ3v) is 8.67. The van der Waals surface area contributed by atoms with Crippen molar-refractivity contribution in [1.82, 2.24) is 9.71 Å². The van der Waals surface area contributed by atoms with Crippen LogP contribution in [0.15, 0.2) is 65.7 Å². The second kappa shape index (κ2) is 14.1. The summed E-state index contributed by atoms with van der Waals surface area (Å²) >= 11 is 12.6. The Labute approximate surface area is 246 Å². The van der Waals surface area contributed by atoms with Crippen LogP contribution in [0.2, 0.25) is 10.0 Å². The molecule has 3 aromatic rings. The van der Waals surface area contributed by atoms with Crippen molar-refractivity contribution in [3.05, 3.63) is 76.4 Å². The number of carbonyl (C=O) groups excluding carboxylic acids is 2. The molecule has 1 heterocycles. The maximum absolute atomic E-state index is 12.9. The zero-order valence-corrected chi connectivity index (χ0v) is 25.7. The van der Waals surface area contributed by atoms with Crippen LogP contribution in [-0.4, -0.2) is 38.9 Å². The van der Waals surface area contributed by atoms with Gasteiger partial charge in [0.2, 0.25) is 10.0 Å². The number of anilines is 1. The number of ether oxygens (including phenoxy) is 1. The maximum atomic E-state index is 12.9. The van der Waals surface area contributed by atoms with Gasteiger partial charge in [-0.1, -0.05) is 63.9 Å². The van der Waals surface area contributed by atoms with Crippen molar-refractivity contribution < 1.29 is 22.7 Å². The molecule has 1 aromatic heterocycles. The van der Waals surface area contributed by atoms with E-state index in [1.54, 1.807) is 37.4 Å². The Kier molecular flexibility index (Phi) is 11.7. The summed E-state index contributed by atoms with van der Waals surface area (Å²) in [6.07, 6.45) is 1.66. The Balaban J connectivity index is 0.00000103. The van der Waals surface area contributed by atoms with Crippen LogP contribution in [0, 0.1) is 10.8 Å². The lowest BCUT2D eigenvalue weighted by atomic mass is 9.69. The number of hydrogen-bond donors (Lipinski definition) is 2. The Hall–Kier alpha value is -2.98. The summed E-state index contributed by atoms with van der Waals surface area (Å²) in [5.74, 6) is -0.477. The number of aromatic nitrogens is 1. The summed E-state index contributed by atoms with van der Waals surface area (Å²) in [5.41, 5.74) is 1.60. The van der Waals surface area contributed by atoms with E-state index in [1.165, 1.54) is 18.2 Å². The van der Waals surface area contributed by atoms with Crippen molar-refractivity contribution in [2.45, 2.75) is 46.4 Å². The summed E-state index contributed by atoms with van der Waals surface area (Å²) < 4.78 is 32.5. The summed E-state index contributed by atoms with van der Waals surface area (Å²) in [5, 5.41) is 3.31. The van der Waals surface area contributed by atoms with Gasteiger partial charge in [-0.25, -0.2) is 13.1 Å². The van der Waals surface area contributed by atoms with Gasteiger partial charge in [0.15, 0.2) is 0 Å². The fourth-order valence-electron chi connectivity index (χ4n) is 3.06. The molecule has 1 amide bonds. The van der Waals surface area contributed by atoms with E-state index in [-0.39, 0.29) is 32.9 Å². The highest BCUT2D eigenvalue weighted by Crippen LogP contribution is 2.37. The lowest BCUT2D eigenvalue weighted by Crippen LogP contribution is -2.41. The Bertz CT molecular complexity index is 1420. The predicted molar refractivity (Wildman–Crippen MR) is 160 cm³/mol. The van der Waals surface area contributed by atoms with E-state index in [0.717, 1.165) is 0 Å². The number of amides is 1. The second-order valence-corrected chi connectivity index (χ2v) is 13.1. The molecule has 0 bridgehead atoms. The number of carbonyl (C=O) groups is 2. The molecule has 216 valence electrons. The first-order valence-electron chi connectivity index (χ1n) is 12.5. The van der Waals surface area contributed by atoms with Crippen molar-refractivity contribution in [1.29, 1.82) is 0 Å². The summed E-state index contributed by atoms with van der Waals surface area (Å²) in [7, 11) is -3.81. The topological polar surface area (TPSA) is 114 Å². The zero-order valence-electron chi connectivity index (χ0n) is 23.4. The van der Waals surface area contributed by atoms with Crippen LogP contribution in [0.5, 0.6) is 0 Å². The van der Waals surface area contributed by atoms with Crippen LogP contribution in [0.3, 0.4) is 0 Å². The second-order valence-electron chi connectivity index (χ2n) is 10.5. The fraction of sp³-hybridized carbons (Fsp3) is 0.345. The average Bonchev–Trinajstić information content (AvgIpc) is 2.89. The van der Waals surface area contributed by atoms with Gasteiger partial charge in [0, 0.05) is 24.0 Å². The number of nitrogens with one attached hydrogen (secondary N) is 2. The molecular formula is C29H35Cl2N3O5S. The van der Waals surface area contributed by atoms with E-state index in [1.807, 2.05) is 26.0 Å². The van der Waals surface area contributed by atoms with Gasteiger partial charge in [0.25, 0.3) is 12.4 Å².